The molecule has 0 N–H and O–H groups in total. The van der Waals surface area contributed by atoms with E-state index >= 15 is 0 Å². The number of hydrogen-bond donors (Lipinski definition) is 0. The monoisotopic (exact) mass is 354 g/mol. The van der Waals surface area contributed by atoms with Crippen LogP contribution in [-0.2, 0) is 24.2 Å². The number of furan rings is 1. The number of rotatable bonds is 4. The van der Waals surface area contributed by atoms with Gasteiger partial charge in [-0.3, -0.25) is 0 Å². The fraction of sp³-hybridized carbons (Fsp3) is 0.300. The molecule has 4 rings (SSSR count). The number of fused-ring (bicyclic) bond motifs is 3. The smallest absolute Gasteiger partial charge is 0.373 e. The van der Waals surface area contributed by atoms with Crippen LogP contribution < -0.4 is 10.4 Å². The fourth-order valence-electron chi connectivity index (χ4n) is 3.43. The maximum Gasteiger partial charge on any atom is 0.373 e. The molecule has 6 nitrogen and oxygen atoms in total. The van der Waals surface area contributed by atoms with Crippen molar-refractivity contribution < 1.29 is 23.1 Å². The minimum Gasteiger partial charge on any atom is -0.485 e. The molecule has 3 aromatic rings. The van der Waals surface area contributed by atoms with E-state index in [4.69, 9.17) is 13.6 Å². The van der Waals surface area contributed by atoms with Crippen LogP contribution in [0.5, 0.6) is 5.75 Å². The van der Waals surface area contributed by atoms with Crippen LogP contribution in [0.4, 0.5) is 0 Å². The Morgan fingerprint density at radius 3 is 2.73 bits per heavy atom. The molecule has 0 saturated carbocycles. The van der Waals surface area contributed by atoms with Crippen LogP contribution in [0, 0.1) is 6.92 Å². The largest absolute Gasteiger partial charge is 0.485 e. The van der Waals surface area contributed by atoms with Crippen LogP contribution in [0.15, 0.2) is 37.9 Å². The molecule has 6 heteroatoms. The van der Waals surface area contributed by atoms with Crippen LogP contribution in [0.2, 0.25) is 0 Å². The topological polar surface area (TPSA) is 78.9 Å². The summed E-state index contributed by atoms with van der Waals surface area (Å²) in [5.41, 5.74) is 2.99. The van der Waals surface area contributed by atoms with Gasteiger partial charge in [-0.1, -0.05) is 0 Å². The Balaban J connectivity index is 1.62. The van der Waals surface area contributed by atoms with E-state index in [1.165, 1.54) is 7.11 Å². The molecule has 134 valence electrons. The number of aryl methyl sites for hydroxylation is 2. The van der Waals surface area contributed by atoms with Crippen molar-refractivity contribution >= 4 is 16.9 Å². The van der Waals surface area contributed by atoms with Gasteiger partial charge in [-0.25, -0.2) is 9.59 Å². The average Bonchev–Trinajstić information content (AvgIpc) is 3.31. The summed E-state index contributed by atoms with van der Waals surface area (Å²) >= 11 is 0. The summed E-state index contributed by atoms with van der Waals surface area (Å²) in [4.78, 5) is 23.6. The van der Waals surface area contributed by atoms with Crippen LogP contribution in [0.25, 0.3) is 11.0 Å². The predicted molar refractivity (Wildman–Crippen MR) is 93.6 cm³/mol. The van der Waals surface area contributed by atoms with Gasteiger partial charge in [-0.05, 0) is 56.0 Å². The van der Waals surface area contributed by atoms with Gasteiger partial charge in [0.2, 0.25) is 5.76 Å². The Hall–Kier alpha value is -3.02. The standard InChI is InChI=1S/C20H18O6/c1-11-16(24-10-12-6-8-17(25-12)20(22)23-2)9-7-14-13-4-3-5-15(13)19(21)26-18(11)14/h6-9H,3-5,10H2,1-2H3. The van der Waals surface area contributed by atoms with Gasteiger partial charge in [0.25, 0.3) is 0 Å². The normalized spacial score (nSPS) is 13.0. The lowest BCUT2D eigenvalue weighted by Crippen LogP contribution is -2.08. The van der Waals surface area contributed by atoms with Crippen molar-refractivity contribution in [2.24, 2.45) is 0 Å². The van der Waals surface area contributed by atoms with Crippen molar-refractivity contribution in [3.63, 3.8) is 0 Å². The highest BCUT2D eigenvalue weighted by atomic mass is 16.5. The van der Waals surface area contributed by atoms with Gasteiger partial charge in [0.15, 0.2) is 0 Å². The number of methoxy groups -OCH3 is 1. The molecule has 2 heterocycles. The third-order valence-electron chi connectivity index (χ3n) is 4.76. The van der Waals surface area contributed by atoms with Gasteiger partial charge in [-0.2, -0.15) is 0 Å². The van der Waals surface area contributed by atoms with Crippen LogP contribution in [0.1, 0.15) is 39.4 Å². The van der Waals surface area contributed by atoms with Gasteiger partial charge >= 0.3 is 11.6 Å². The SMILES string of the molecule is COC(=O)c1ccc(COc2ccc3c4c(c(=O)oc3c2C)CCC4)o1. The molecule has 1 aromatic carbocycles. The summed E-state index contributed by atoms with van der Waals surface area (Å²) < 4.78 is 21.4. The summed E-state index contributed by atoms with van der Waals surface area (Å²) in [5, 5.41) is 0.980. The fourth-order valence-corrected chi connectivity index (χ4v) is 3.43. The molecule has 0 fully saturated rings. The van der Waals surface area contributed by atoms with Crippen molar-refractivity contribution in [3.05, 3.63) is 62.9 Å². The minimum atomic E-state index is -0.534. The summed E-state index contributed by atoms with van der Waals surface area (Å²) in [6.45, 7) is 2.02. The molecule has 0 amide bonds. The number of ether oxygens (including phenoxy) is 2. The molecule has 1 aliphatic carbocycles. The molecule has 2 aromatic heterocycles. The Labute approximate surface area is 149 Å². The Kier molecular flexibility index (Phi) is 4.03. The molecular formula is C20H18O6. The molecule has 0 spiro atoms. The second-order valence-electron chi connectivity index (χ2n) is 6.31. The average molecular weight is 354 g/mol. The first kappa shape index (κ1) is 16.4. The summed E-state index contributed by atoms with van der Waals surface area (Å²) in [7, 11) is 1.30. The van der Waals surface area contributed by atoms with Gasteiger partial charge in [0.1, 0.15) is 23.7 Å². The van der Waals surface area contributed by atoms with Crippen molar-refractivity contribution in [1.29, 1.82) is 0 Å². The third-order valence-corrected chi connectivity index (χ3v) is 4.76. The highest BCUT2D eigenvalue weighted by Crippen LogP contribution is 2.33. The zero-order valence-electron chi connectivity index (χ0n) is 14.6. The molecule has 0 radical (unpaired) electrons. The van der Waals surface area contributed by atoms with Crippen molar-refractivity contribution in [2.45, 2.75) is 32.8 Å². The van der Waals surface area contributed by atoms with E-state index in [2.05, 4.69) is 4.74 Å². The lowest BCUT2D eigenvalue weighted by molar-refractivity contribution is 0.0561. The lowest BCUT2D eigenvalue weighted by atomic mass is 10.0. The molecule has 0 saturated heterocycles. The van der Waals surface area contributed by atoms with Crippen molar-refractivity contribution in [3.8, 4) is 5.75 Å². The molecular weight excluding hydrogens is 336 g/mol. The Bertz CT molecular complexity index is 1060. The van der Waals surface area contributed by atoms with Gasteiger partial charge in [0, 0.05) is 16.5 Å². The van der Waals surface area contributed by atoms with E-state index in [9.17, 15) is 9.59 Å². The lowest BCUT2D eigenvalue weighted by Gasteiger charge is -2.11. The number of esters is 1. The quantitative estimate of drug-likeness (QED) is 0.527. The van der Waals surface area contributed by atoms with E-state index in [0.717, 1.165) is 41.3 Å². The summed E-state index contributed by atoms with van der Waals surface area (Å²) in [6.07, 6.45) is 2.67. The van der Waals surface area contributed by atoms with Crippen molar-refractivity contribution in [2.75, 3.05) is 7.11 Å². The van der Waals surface area contributed by atoms with Crippen LogP contribution in [-0.4, -0.2) is 13.1 Å². The van der Waals surface area contributed by atoms with Crippen LogP contribution in [0.3, 0.4) is 0 Å². The van der Waals surface area contributed by atoms with E-state index in [1.807, 2.05) is 19.1 Å². The van der Waals surface area contributed by atoms with E-state index in [-0.39, 0.29) is 18.0 Å². The molecule has 0 bridgehead atoms. The first-order valence-corrected chi connectivity index (χ1v) is 8.46. The molecule has 0 aliphatic heterocycles. The van der Waals surface area contributed by atoms with Gasteiger partial charge in [0.05, 0.1) is 7.11 Å². The Morgan fingerprint density at radius 1 is 1.12 bits per heavy atom. The second-order valence-corrected chi connectivity index (χ2v) is 6.31. The first-order chi connectivity index (χ1) is 12.6. The van der Waals surface area contributed by atoms with E-state index < -0.39 is 5.97 Å². The molecule has 0 atom stereocenters. The number of carbonyl (C=O) groups is 1. The van der Waals surface area contributed by atoms with Crippen molar-refractivity contribution in [1.82, 2.24) is 0 Å². The number of benzene rings is 1. The summed E-state index contributed by atoms with van der Waals surface area (Å²) in [5.74, 6) is 0.701. The highest BCUT2D eigenvalue weighted by molar-refractivity contribution is 5.86. The molecule has 0 unspecified atom stereocenters. The zero-order chi connectivity index (χ0) is 18.3. The first-order valence-electron chi connectivity index (χ1n) is 8.46. The van der Waals surface area contributed by atoms with Gasteiger partial charge in [-0.15, -0.1) is 0 Å². The molecule has 26 heavy (non-hydrogen) atoms. The maximum absolute atomic E-state index is 12.2. The second kappa shape index (κ2) is 6.37. The zero-order valence-corrected chi connectivity index (χ0v) is 14.6. The minimum absolute atomic E-state index is 0.128. The predicted octanol–water partition coefficient (Wildman–Crippen LogP) is 3.55. The number of carbonyl (C=O) groups excluding carboxylic acids is 1. The third kappa shape index (κ3) is 2.67. The van der Waals surface area contributed by atoms with E-state index in [0.29, 0.717) is 17.1 Å². The van der Waals surface area contributed by atoms with Crippen LogP contribution >= 0.6 is 0 Å². The van der Waals surface area contributed by atoms with Gasteiger partial charge < -0.3 is 18.3 Å². The van der Waals surface area contributed by atoms with E-state index in [1.54, 1.807) is 12.1 Å². The Morgan fingerprint density at radius 2 is 1.92 bits per heavy atom. The maximum atomic E-state index is 12.2. The number of hydrogen-bond acceptors (Lipinski definition) is 6. The highest BCUT2D eigenvalue weighted by Gasteiger charge is 2.21. The molecule has 1 aliphatic rings. The summed E-state index contributed by atoms with van der Waals surface area (Å²) in [6, 6.07) is 7.02.